The molecular formula is C13H13IN4O2. The average molecular weight is 384 g/mol. The Bertz CT molecular complexity index is 634. The number of hydrogen-bond acceptors (Lipinski definition) is 5. The van der Waals surface area contributed by atoms with Gasteiger partial charge >= 0.3 is 0 Å². The Hall–Kier alpha value is -1.90. The first kappa shape index (κ1) is 14.5. The fraction of sp³-hybridized carbons (Fsp3) is 0.154. The van der Waals surface area contributed by atoms with Crippen molar-refractivity contribution in [2.75, 3.05) is 17.2 Å². The molecule has 0 aliphatic heterocycles. The van der Waals surface area contributed by atoms with Crippen molar-refractivity contribution in [2.24, 2.45) is 0 Å². The lowest BCUT2D eigenvalue weighted by Crippen LogP contribution is -2.03. The van der Waals surface area contributed by atoms with E-state index in [-0.39, 0.29) is 5.69 Å². The summed E-state index contributed by atoms with van der Waals surface area (Å²) < 4.78 is 1.07. The summed E-state index contributed by atoms with van der Waals surface area (Å²) in [5.41, 5.74) is 0.844. The van der Waals surface area contributed by atoms with Crippen LogP contribution in [0.1, 0.15) is 6.92 Å². The molecule has 0 saturated carbocycles. The van der Waals surface area contributed by atoms with E-state index in [0.29, 0.717) is 18.2 Å². The van der Waals surface area contributed by atoms with Gasteiger partial charge in [0.05, 0.1) is 17.1 Å². The molecule has 6 nitrogen and oxygen atoms in total. The molecule has 0 fully saturated rings. The van der Waals surface area contributed by atoms with Crippen LogP contribution < -0.4 is 10.6 Å². The van der Waals surface area contributed by atoms with Crippen LogP contribution in [0.5, 0.6) is 0 Å². The molecule has 1 aromatic carbocycles. The average Bonchev–Trinajstić information content (AvgIpc) is 2.38. The van der Waals surface area contributed by atoms with Gasteiger partial charge in [-0.1, -0.05) is 6.07 Å². The molecule has 0 amide bonds. The van der Waals surface area contributed by atoms with Crippen molar-refractivity contribution < 1.29 is 4.92 Å². The van der Waals surface area contributed by atoms with Crippen molar-refractivity contribution in [2.45, 2.75) is 6.92 Å². The highest BCUT2D eigenvalue weighted by Gasteiger charge is 2.11. The Morgan fingerprint density at radius 2 is 2.05 bits per heavy atom. The van der Waals surface area contributed by atoms with Gasteiger partial charge in [0, 0.05) is 15.8 Å². The molecule has 20 heavy (non-hydrogen) atoms. The van der Waals surface area contributed by atoms with E-state index < -0.39 is 4.92 Å². The number of nitrogens with zero attached hydrogens (tertiary/aromatic N) is 2. The molecule has 1 aromatic heterocycles. The predicted molar refractivity (Wildman–Crippen MR) is 87.5 cm³/mol. The van der Waals surface area contributed by atoms with Crippen LogP contribution in [0, 0.1) is 13.7 Å². The summed E-state index contributed by atoms with van der Waals surface area (Å²) in [6.07, 6.45) is 0. The Balaban J connectivity index is 2.32. The molecule has 0 aliphatic carbocycles. The summed E-state index contributed by atoms with van der Waals surface area (Å²) in [6.45, 7) is 2.56. The highest BCUT2D eigenvalue weighted by Crippen LogP contribution is 2.24. The van der Waals surface area contributed by atoms with Gasteiger partial charge in [-0.15, -0.1) is 0 Å². The van der Waals surface area contributed by atoms with Crippen LogP contribution in [0.15, 0.2) is 36.4 Å². The van der Waals surface area contributed by atoms with Gasteiger partial charge < -0.3 is 10.6 Å². The van der Waals surface area contributed by atoms with Gasteiger partial charge in [-0.2, -0.15) is 0 Å². The standard InChI is InChI=1S/C13H13IN4O2/c1-2-15-12-7-11(18(19)20)8-13(17-12)16-10-5-3-4-9(14)6-10/h3-8H,2H2,1H3,(H2,15,16,17). The van der Waals surface area contributed by atoms with Crippen molar-refractivity contribution in [3.8, 4) is 0 Å². The molecule has 2 N–H and O–H groups in total. The molecule has 0 radical (unpaired) electrons. The Kier molecular flexibility index (Phi) is 4.72. The highest BCUT2D eigenvalue weighted by atomic mass is 127. The van der Waals surface area contributed by atoms with Crippen molar-refractivity contribution in [3.63, 3.8) is 0 Å². The SMILES string of the molecule is CCNc1cc([N+](=O)[O-])cc(Nc2cccc(I)c2)n1. The molecule has 2 aromatic rings. The van der Waals surface area contributed by atoms with Gasteiger partial charge in [0.15, 0.2) is 0 Å². The molecule has 0 unspecified atom stereocenters. The van der Waals surface area contributed by atoms with E-state index in [1.165, 1.54) is 12.1 Å². The minimum absolute atomic E-state index is 0.00378. The lowest BCUT2D eigenvalue weighted by molar-refractivity contribution is -0.384. The van der Waals surface area contributed by atoms with Crippen LogP contribution in [0.3, 0.4) is 0 Å². The second-order valence-electron chi connectivity index (χ2n) is 4.02. The number of rotatable bonds is 5. The quantitative estimate of drug-likeness (QED) is 0.466. The number of benzene rings is 1. The summed E-state index contributed by atoms with van der Waals surface area (Å²) in [5, 5.41) is 17.0. The zero-order chi connectivity index (χ0) is 14.5. The normalized spacial score (nSPS) is 10.1. The first-order chi connectivity index (χ1) is 9.58. The topological polar surface area (TPSA) is 80.1 Å². The molecule has 0 saturated heterocycles. The van der Waals surface area contributed by atoms with Gasteiger partial charge in [0.1, 0.15) is 11.6 Å². The number of hydrogen-bond donors (Lipinski definition) is 2. The Morgan fingerprint density at radius 3 is 2.70 bits per heavy atom. The van der Waals surface area contributed by atoms with Crippen molar-refractivity contribution in [3.05, 3.63) is 50.1 Å². The monoisotopic (exact) mass is 384 g/mol. The Morgan fingerprint density at radius 1 is 1.30 bits per heavy atom. The lowest BCUT2D eigenvalue weighted by Gasteiger charge is -2.08. The molecular weight excluding hydrogens is 371 g/mol. The van der Waals surface area contributed by atoms with Crippen molar-refractivity contribution in [1.82, 2.24) is 4.98 Å². The predicted octanol–water partition coefficient (Wildman–Crippen LogP) is 3.77. The number of halogens is 1. The van der Waals surface area contributed by atoms with E-state index in [1.54, 1.807) is 0 Å². The molecule has 1 heterocycles. The van der Waals surface area contributed by atoms with Crippen molar-refractivity contribution >= 4 is 45.6 Å². The number of pyridine rings is 1. The van der Waals surface area contributed by atoms with Gasteiger partial charge in [0.25, 0.3) is 5.69 Å². The maximum absolute atomic E-state index is 10.9. The van der Waals surface area contributed by atoms with E-state index in [4.69, 9.17) is 0 Å². The molecule has 7 heteroatoms. The van der Waals surface area contributed by atoms with E-state index in [9.17, 15) is 10.1 Å². The summed E-state index contributed by atoms with van der Waals surface area (Å²) >= 11 is 2.20. The van der Waals surface area contributed by atoms with Gasteiger partial charge in [-0.25, -0.2) is 4.98 Å². The van der Waals surface area contributed by atoms with Crippen LogP contribution in [0.4, 0.5) is 23.0 Å². The number of aromatic nitrogens is 1. The molecule has 0 spiro atoms. The largest absolute Gasteiger partial charge is 0.370 e. The molecule has 0 bridgehead atoms. The fourth-order valence-corrected chi connectivity index (χ4v) is 2.21. The fourth-order valence-electron chi connectivity index (χ4n) is 1.67. The van der Waals surface area contributed by atoms with Crippen LogP contribution >= 0.6 is 22.6 Å². The summed E-state index contributed by atoms with van der Waals surface area (Å²) in [5.74, 6) is 0.923. The van der Waals surface area contributed by atoms with E-state index in [0.717, 1.165) is 9.26 Å². The zero-order valence-corrected chi connectivity index (χ0v) is 12.9. The maximum atomic E-state index is 10.9. The first-order valence-electron chi connectivity index (χ1n) is 6.01. The van der Waals surface area contributed by atoms with Crippen LogP contribution in [-0.2, 0) is 0 Å². The molecule has 0 aliphatic rings. The minimum Gasteiger partial charge on any atom is -0.370 e. The van der Waals surface area contributed by atoms with Gasteiger partial charge in [-0.3, -0.25) is 10.1 Å². The Labute approximate surface area is 129 Å². The number of nitrogens with one attached hydrogen (secondary N) is 2. The van der Waals surface area contributed by atoms with Crippen LogP contribution in [0.25, 0.3) is 0 Å². The molecule has 104 valence electrons. The maximum Gasteiger partial charge on any atom is 0.276 e. The second kappa shape index (κ2) is 6.51. The van der Waals surface area contributed by atoms with E-state index in [1.807, 2.05) is 31.2 Å². The highest BCUT2D eigenvalue weighted by molar-refractivity contribution is 14.1. The number of anilines is 3. The summed E-state index contributed by atoms with van der Waals surface area (Å²) in [6, 6.07) is 10.5. The first-order valence-corrected chi connectivity index (χ1v) is 7.09. The third-order valence-corrected chi connectivity index (χ3v) is 3.15. The van der Waals surface area contributed by atoms with Crippen LogP contribution in [-0.4, -0.2) is 16.5 Å². The summed E-state index contributed by atoms with van der Waals surface area (Å²) in [4.78, 5) is 14.8. The molecule has 0 atom stereocenters. The smallest absolute Gasteiger partial charge is 0.276 e. The molecule has 2 rings (SSSR count). The van der Waals surface area contributed by atoms with E-state index in [2.05, 4.69) is 38.2 Å². The minimum atomic E-state index is -0.428. The van der Waals surface area contributed by atoms with Gasteiger partial charge in [-0.05, 0) is 47.7 Å². The summed E-state index contributed by atoms with van der Waals surface area (Å²) in [7, 11) is 0. The zero-order valence-electron chi connectivity index (χ0n) is 10.8. The lowest BCUT2D eigenvalue weighted by atomic mass is 10.3. The van der Waals surface area contributed by atoms with Crippen LogP contribution in [0.2, 0.25) is 0 Å². The third-order valence-electron chi connectivity index (χ3n) is 2.48. The third kappa shape index (κ3) is 3.80. The van der Waals surface area contributed by atoms with Crippen molar-refractivity contribution in [1.29, 1.82) is 0 Å². The van der Waals surface area contributed by atoms with E-state index >= 15 is 0 Å². The number of nitro groups is 1. The van der Waals surface area contributed by atoms with Gasteiger partial charge in [0.2, 0.25) is 0 Å². The second-order valence-corrected chi connectivity index (χ2v) is 5.26.